The Balaban J connectivity index is 1.48. The van der Waals surface area contributed by atoms with Crippen LogP contribution in [0, 0.1) is 5.82 Å². The number of ether oxygens (including phenoxy) is 2. The quantitative estimate of drug-likeness (QED) is 0.397. The van der Waals surface area contributed by atoms with E-state index < -0.39 is 42.5 Å². The van der Waals surface area contributed by atoms with Gasteiger partial charge >= 0.3 is 5.97 Å². The van der Waals surface area contributed by atoms with Crippen molar-refractivity contribution < 1.29 is 39.1 Å². The molecule has 5 atom stereocenters. The van der Waals surface area contributed by atoms with Gasteiger partial charge in [-0.1, -0.05) is 23.7 Å². The Morgan fingerprint density at radius 3 is 2.67 bits per heavy atom. The number of carbonyl (C=O) groups is 1. The van der Waals surface area contributed by atoms with Crippen LogP contribution >= 0.6 is 11.6 Å². The Labute approximate surface area is 208 Å². The molecule has 0 aliphatic carbocycles. The highest BCUT2D eigenvalue weighted by atomic mass is 35.5. The average molecular weight is 518 g/mol. The Morgan fingerprint density at radius 1 is 1.14 bits per heavy atom. The van der Waals surface area contributed by atoms with Gasteiger partial charge in [-0.3, -0.25) is 9.56 Å². The minimum absolute atomic E-state index is 0.116. The number of benzene rings is 2. The van der Waals surface area contributed by atoms with E-state index >= 15 is 0 Å². The van der Waals surface area contributed by atoms with E-state index in [1.54, 1.807) is 41.0 Å². The van der Waals surface area contributed by atoms with Gasteiger partial charge in [-0.2, -0.15) is 0 Å². The Hall–Kier alpha value is -3.19. The fourth-order valence-electron chi connectivity index (χ4n) is 4.31. The summed E-state index contributed by atoms with van der Waals surface area (Å²) in [6.45, 7) is -0.0918. The summed E-state index contributed by atoms with van der Waals surface area (Å²) < 4.78 is 27.2. The first-order valence-electron chi connectivity index (χ1n) is 11.0. The van der Waals surface area contributed by atoms with Crippen LogP contribution in [-0.2, 0) is 27.4 Å². The number of aliphatic hydroxyl groups is 3. The zero-order valence-corrected chi connectivity index (χ0v) is 19.3. The standard InChI is InChI=1S/C24H21ClFN3O7/c25-11-5-6-16-14(7-11)18(13-3-1-2-4-15(13)26)28-9-17-27-8-12(29(16)17)10-35-24-21(32)19(30)20(31)22(36-24)23(33)34/h1-8,19-22,24,30-32H,9-10H2,(H,33,34)/t19-,20-,21+,22-,24+/m1/s1. The normalized spacial score (nSPS) is 25.5. The van der Waals surface area contributed by atoms with Crippen LogP contribution in [0.15, 0.2) is 53.7 Å². The fraction of sp³-hybridized carbons (Fsp3) is 0.292. The number of rotatable bonds is 5. The molecule has 1 saturated heterocycles. The first kappa shape index (κ1) is 24.5. The van der Waals surface area contributed by atoms with Crippen molar-refractivity contribution in [3.63, 3.8) is 0 Å². The van der Waals surface area contributed by atoms with Crippen molar-refractivity contribution in [2.24, 2.45) is 4.99 Å². The number of carboxylic acids is 1. The number of halogens is 2. The number of hydrogen-bond acceptors (Lipinski definition) is 8. The molecule has 0 amide bonds. The first-order chi connectivity index (χ1) is 17.3. The smallest absolute Gasteiger partial charge is 0.335 e. The lowest BCUT2D eigenvalue weighted by Gasteiger charge is -2.38. The number of nitrogens with zero attached hydrogens (tertiary/aromatic N) is 3. The molecule has 10 nitrogen and oxygen atoms in total. The summed E-state index contributed by atoms with van der Waals surface area (Å²) in [4.78, 5) is 20.4. The molecule has 0 bridgehead atoms. The fourth-order valence-corrected chi connectivity index (χ4v) is 4.48. The molecule has 12 heteroatoms. The van der Waals surface area contributed by atoms with Crippen molar-refractivity contribution in [1.82, 2.24) is 9.55 Å². The minimum atomic E-state index is -1.82. The maximum absolute atomic E-state index is 14.7. The number of aliphatic imine (C=N–C) groups is 1. The zero-order valence-electron chi connectivity index (χ0n) is 18.5. The molecule has 188 valence electrons. The lowest BCUT2D eigenvalue weighted by Crippen LogP contribution is -2.60. The van der Waals surface area contributed by atoms with Crippen molar-refractivity contribution in [1.29, 1.82) is 0 Å². The Morgan fingerprint density at radius 2 is 1.92 bits per heavy atom. The molecule has 4 N–H and O–H groups in total. The lowest BCUT2D eigenvalue weighted by atomic mass is 9.99. The monoisotopic (exact) mass is 517 g/mol. The number of aliphatic carboxylic acids is 1. The van der Waals surface area contributed by atoms with Gasteiger partial charge in [0.1, 0.15) is 30.0 Å². The molecular weight excluding hydrogens is 497 g/mol. The van der Waals surface area contributed by atoms with Gasteiger partial charge < -0.3 is 29.9 Å². The third-order valence-electron chi connectivity index (χ3n) is 6.08. The van der Waals surface area contributed by atoms with Crippen LogP contribution in [0.2, 0.25) is 5.02 Å². The molecule has 3 heterocycles. The number of carboxylic acid groups (broad SMARTS) is 1. The third-order valence-corrected chi connectivity index (χ3v) is 6.31. The van der Waals surface area contributed by atoms with Crippen LogP contribution in [0.25, 0.3) is 5.69 Å². The van der Waals surface area contributed by atoms with E-state index in [0.29, 0.717) is 39.1 Å². The minimum Gasteiger partial charge on any atom is -0.479 e. The topological polar surface area (TPSA) is 147 Å². The first-order valence-corrected chi connectivity index (χ1v) is 11.3. The van der Waals surface area contributed by atoms with Gasteiger partial charge in [0, 0.05) is 16.1 Å². The molecule has 5 rings (SSSR count). The lowest BCUT2D eigenvalue weighted by molar-refractivity contribution is -0.297. The highest BCUT2D eigenvalue weighted by Crippen LogP contribution is 2.30. The summed E-state index contributed by atoms with van der Waals surface area (Å²) in [5.74, 6) is -1.43. The van der Waals surface area contributed by atoms with Gasteiger partial charge in [0.05, 0.1) is 36.4 Å². The molecule has 2 aliphatic rings. The summed E-state index contributed by atoms with van der Waals surface area (Å²) in [5.41, 5.74) is 2.35. The van der Waals surface area contributed by atoms with Crippen LogP contribution in [0.3, 0.4) is 0 Å². The summed E-state index contributed by atoms with van der Waals surface area (Å²) in [6, 6.07) is 11.3. The number of aliphatic hydroxyl groups excluding tert-OH is 3. The molecule has 0 unspecified atom stereocenters. The molecule has 1 fully saturated rings. The predicted octanol–water partition coefficient (Wildman–Crippen LogP) is 1.42. The number of fused-ring (bicyclic) bond motifs is 3. The second-order valence-corrected chi connectivity index (χ2v) is 8.79. The van der Waals surface area contributed by atoms with Gasteiger partial charge in [0.25, 0.3) is 0 Å². The largest absolute Gasteiger partial charge is 0.479 e. The van der Waals surface area contributed by atoms with E-state index in [4.69, 9.17) is 21.1 Å². The van der Waals surface area contributed by atoms with E-state index in [1.807, 2.05) is 0 Å². The molecular formula is C24H21ClFN3O7. The van der Waals surface area contributed by atoms with Gasteiger partial charge in [0.15, 0.2) is 12.4 Å². The summed E-state index contributed by atoms with van der Waals surface area (Å²) in [6.07, 6.45) is -7.09. The van der Waals surface area contributed by atoms with Gasteiger partial charge in [-0.25, -0.2) is 14.2 Å². The maximum Gasteiger partial charge on any atom is 0.335 e. The van der Waals surface area contributed by atoms with Crippen LogP contribution in [0.4, 0.5) is 4.39 Å². The van der Waals surface area contributed by atoms with Crippen molar-refractivity contribution in [2.75, 3.05) is 0 Å². The highest BCUT2D eigenvalue weighted by molar-refractivity contribution is 6.31. The van der Waals surface area contributed by atoms with Crippen molar-refractivity contribution in [2.45, 2.75) is 43.9 Å². The molecule has 0 saturated carbocycles. The molecule has 3 aromatic rings. The Kier molecular flexibility index (Phi) is 6.60. The molecule has 2 aromatic carbocycles. The van der Waals surface area contributed by atoms with Crippen LogP contribution in [0.5, 0.6) is 0 Å². The summed E-state index contributed by atoms with van der Waals surface area (Å²) in [5, 5.41) is 39.8. The van der Waals surface area contributed by atoms with Crippen molar-refractivity contribution in [3.8, 4) is 5.69 Å². The van der Waals surface area contributed by atoms with Crippen molar-refractivity contribution in [3.05, 3.63) is 82.1 Å². The van der Waals surface area contributed by atoms with Crippen LogP contribution < -0.4 is 0 Å². The average Bonchev–Trinajstić information content (AvgIpc) is 3.18. The molecule has 36 heavy (non-hydrogen) atoms. The predicted molar refractivity (Wildman–Crippen MR) is 123 cm³/mol. The van der Waals surface area contributed by atoms with Crippen molar-refractivity contribution >= 4 is 23.3 Å². The molecule has 0 radical (unpaired) electrons. The molecule has 1 aromatic heterocycles. The van der Waals surface area contributed by atoms with E-state index in [9.17, 15) is 29.6 Å². The Bertz CT molecular complexity index is 1350. The second-order valence-electron chi connectivity index (χ2n) is 8.35. The summed E-state index contributed by atoms with van der Waals surface area (Å²) >= 11 is 6.27. The summed E-state index contributed by atoms with van der Waals surface area (Å²) in [7, 11) is 0. The van der Waals surface area contributed by atoms with Crippen LogP contribution in [0.1, 0.15) is 22.6 Å². The van der Waals surface area contributed by atoms with E-state index in [0.717, 1.165) is 0 Å². The van der Waals surface area contributed by atoms with E-state index in [2.05, 4.69) is 9.98 Å². The van der Waals surface area contributed by atoms with Gasteiger partial charge in [0.2, 0.25) is 0 Å². The number of hydrogen-bond donors (Lipinski definition) is 4. The van der Waals surface area contributed by atoms with E-state index in [-0.39, 0.29) is 13.2 Å². The second kappa shape index (κ2) is 9.69. The molecule has 0 spiro atoms. The number of aromatic nitrogens is 2. The number of imidazole rings is 1. The zero-order chi connectivity index (χ0) is 25.6. The third kappa shape index (κ3) is 4.30. The van der Waals surface area contributed by atoms with Gasteiger partial charge in [-0.15, -0.1) is 0 Å². The van der Waals surface area contributed by atoms with Gasteiger partial charge in [-0.05, 0) is 30.3 Å². The SMILES string of the molecule is O=C(O)[C@@H]1O[C@H](OCc2cnc3n2-c2ccc(Cl)cc2C(c2ccccc2F)=NC3)[C@@H](O)[C@H](O)[C@H]1O. The highest BCUT2D eigenvalue weighted by Gasteiger charge is 2.47. The van der Waals surface area contributed by atoms with Crippen LogP contribution in [-0.4, -0.2) is 72.4 Å². The maximum atomic E-state index is 14.7. The van der Waals surface area contributed by atoms with E-state index in [1.165, 1.54) is 12.3 Å². The molecule has 2 aliphatic heterocycles.